The number of nitriles is 1. The minimum atomic E-state index is -1.01. The van der Waals surface area contributed by atoms with Gasteiger partial charge in [0.1, 0.15) is 17.4 Å². The van der Waals surface area contributed by atoms with Crippen LogP contribution in [-0.4, -0.2) is 28.7 Å². The van der Waals surface area contributed by atoms with Gasteiger partial charge in [0.2, 0.25) is 0 Å². The second-order valence-corrected chi connectivity index (χ2v) is 6.01. The second kappa shape index (κ2) is 8.59. The molecule has 3 aromatic rings. The number of anilines is 1. The Labute approximate surface area is 167 Å². The lowest BCUT2D eigenvalue weighted by Crippen LogP contribution is -2.13. The number of ether oxygens (including phenoxy) is 1. The fraction of sp³-hybridized carbons (Fsp3) is 0.0455. The van der Waals surface area contributed by atoms with Crippen LogP contribution in [0.15, 0.2) is 72.4 Å². The molecule has 1 amide bonds. The van der Waals surface area contributed by atoms with E-state index < -0.39 is 11.9 Å². The van der Waals surface area contributed by atoms with Crippen LogP contribution in [0.5, 0.6) is 5.75 Å². The Hall–Kier alpha value is -4.31. The molecule has 1 aromatic heterocycles. The highest BCUT2D eigenvalue weighted by Gasteiger charge is 2.12. The van der Waals surface area contributed by atoms with Crippen molar-refractivity contribution in [1.29, 1.82) is 5.26 Å². The Morgan fingerprint density at radius 1 is 1.14 bits per heavy atom. The molecule has 0 fully saturated rings. The number of rotatable bonds is 6. The van der Waals surface area contributed by atoms with Crippen LogP contribution in [0, 0.1) is 11.3 Å². The summed E-state index contributed by atoms with van der Waals surface area (Å²) in [6.07, 6.45) is 3.23. The van der Waals surface area contributed by atoms with Gasteiger partial charge in [-0.25, -0.2) is 4.79 Å². The number of carbonyl (C=O) groups excluding carboxylic acids is 1. The van der Waals surface area contributed by atoms with Crippen molar-refractivity contribution in [1.82, 2.24) is 4.57 Å². The molecule has 0 atom stereocenters. The maximum Gasteiger partial charge on any atom is 0.335 e. The van der Waals surface area contributed by atoms with Gasteiger partial charge in [-0.3, -0.25) is 4.79 Å². The molecule has 2 aromatic carbocycles. The highest BCUT2D eigenvalue weighted by molar-refractivity contribution is 6.09. The monoisotopic (exact) mass is 387 g/mol. The van der Waals surface area contributed by atoms with E-state index in [0.29, 0.717) is 22.8 Å². The summed E-state index contributed by atoms with van der Waals surface area (Å²) in [5.41, 5.74) is 1.92. The molecule has 0 aliphatic heterocycles. The summed E-state index contributed by atoms with van der Waals surface area (Å²) >= 11 is 0. The van der Waals surface area contributed by atoms with E-state index in [1.165, 1.54) is 25.3 Å². The summed E-state index contributed by atoms with van der Waals surface area (Å²) in [6.45, 7) is 0. The summed E-state index contributed by atoms with van der Waals surface area (Å²) in [5.74, 6) is -0.969. The molecular formula is C22H17N3O4. The van der Waals surface area contributed by atoms with Crippen LogP contribution >= 0.6 is 0 Å². The lowest BCUT2D eigenvalue weighted by Gasteiger charge is -2.09. The summed E-state index contributed by atoms with van der Waals surface area (Å²) in [6, 6.07) is 18.6. The number of nitrogens with one attached hydrogen (secondary N) is 1. The molecular weight excluding hydrogens is 370 g/mol. The number of carboxylic acid groups (broad SMARTS) is 1. The van der Waals surface area contributed by atoms with Crippen LogP contribution in [0.2, 0.25) is 0 Å². The van der Waals surface area contributed by atoms with Crippen molar-refractivity contribution in [2.24, 2.45) is 0 Å². The van der Waals surface area contributed by atoms with E-state index in [2.05, 4.69) is 5.32 Å². The Balaban J connectivity index is 1.86. The molecule has 0 radical (unpaired) electrons. The van der Waals surface area contributed by atoms with Crippen LogP contribution < -0.4 is 10.1 Å². The number of aromatic nitrogens is 1. The van der Waals surface area contributed by atoms with Gasteiger partial charge in [-0.15, -0.1) is 0 Å². The zero-order valence-electron chi connectivity index (χ0n) is 15.5. The van der Waals surface area contributed by atoms with Gasteiger partial charge in [-0.05, 0) is 54.6 Å². The number of amides is 1. The molecule has 1 heterocycles. The van der Waals surface area contributed by atoms with Crippen LogP contribution in [0.1, 0.15) is 16.1 Å². The van der Waals surface area contributed by atoms with Gasteiger partial charge in [-0.1, -0.05) is 6.07 Å². The molecule has 0 bridgehead atoms. The molecule has 0 unspecified atom stereocenters. The summed E-state index contributed by atoms with van der Waals surface area (Å²) in [7, 11) is 1.53. The number of carbonyl (C=O) groups is 2. The van der Waals surface area contributed by atoms with Gasteiger partial charge < -0.3 is 19.7 Å². The number of carboxylic acids is 1. The van der Waals surface area contributed by atoms with Gasteiger partial charge in [0, 0.05) is 29.3 Å². The number of hydrogen-bond donors (Lipinski definition) is 2. The number of methoxy groups -OCH3 is 1. The first-order valence-corrected chi connectivity index (χ1v) is 8.60. The first-order valence-electron chi connectivity index (χ1n) is 8.60. The summed E-state index contributed by atoms with van der Waals surface area (Å²) in [5, 5.41) is 21.2. The molecule has 2 N–H and O–H groups in total. The van der Waals surface area contributed by atoms with E-state index in [4.69, 9.17) is 9.84 Å². The van der Waals surface area contributed by atoms with Crippen LogP contribution in [0.25, 0.3) is 11.8 Å². The SMILES string of the molecule is COc1cccc(NC(=O)/C(C#N)=C\c2cccn2-c2ccc(C(=O)O)cc2)c1. The van der Waals surface area contributed by atoms with Crippen molar-refractivity contribution in [3.05, 3.63) is 83.7 Å². The van der Waals surface area contributed by atoms with Crippen molar-refractivity contribution in [3.8, 4) is 17.5 Å². The Kier molecular flexibility index (Phi) is 5.76. The largest absolute Gasteiger partial charge is 0.497 e. The second-order valence-electron chi connectivity index (χ2n) is 6.01. The molecule has 144 valence electrons. The lowest BCUT2D eigenvalue weighted by molar-refractivity contribution is -0.112. The standard InChI is InChI=1S/C22H17N3O4/c1-29-20-6-2-4-17(13-20)24-21(26)16(14-23)12-19-5-3-11-25(19)18-9-7-15(8-10-18)22(27)28/h2-13H,1H3,(H,24,26)(H,27,28)/b16-12-. The van der Waals surface area contributed by atoms with E-state index in [0.717, 1.165) is 0 Å². The van der Waals surface area contributed by atoms with E-state index in [-0.39, 0.29) is 11.1 Å². The smallest absolute Gasteiger partial charge is 0.335 e. The first kappa shape index (κ1) is 19.5. The van der Waals surface area contributed by atoms with Gasteiger partial charge in [0.25, 0.3) is 5.91 Å². The topological polar surface area (TPSA) is 104 Å². The molecule has 0 aliphatic carbocycles. The fourth-order valence-corrected chi connectivity index (χ4v) is 2.71. The van der Waals surface area contributed by atoms with Gasteiger partial charge in [0.05, 0.1) is 12.7 Å². The van der Waals surface area contributed by atoms with E-state index in [1.54, 1.807) is 59.3 Å². The van der Waals surface area contributed by atoms with Crippen molar-refractivity contribution < 1.29 is 19.4 Å². The lowest BCUT2D eigenvalue weighted by atomic mass is 10.2. The fourth-order valence-electron chi connectivity index (χ4n) is 2.71. The average Bonchev–Trinajstić information content (AvgIpc) is 3.20. The molecule has 0 saturated carbocycles. The quantitative estimate of drug-likeness (QED) is 0.495. The average molecular weight is 387 g/mol. The predicted molar refractivity (Wildman–Crippen MR) is 108 cm³/mol. The molecule has 0 aliphatic rings. The Morgan fingerprint density at radius 2 is 1.90 bits per heavy atom. The number of benzene rings is 2. The van der Waals surface area contributed by atoms with Gasteiger partial charge in [-0.2, -0.15) is 5.26 Å². The van der Waals surface area contributed by atoms with Crippen molar-refractivity contribution in [3.63, 3.8) is 0 Å². The first-order chi connectivity index (χ1) is 14.0. The third-order valence-electron chi connectivity index (χ3n) is 4.16. The maximum atomic E-state index is 12.5. The summed E-state index contributed by atoms with van der Waals surface area (Å²) < 4.78 is 6.88. The Bertz CT molecular complexity index is 1120. The molecule has 3 rings (SSSR count). The van der Waals surface area contributed by atoms with E-state index >= 15 is 0 Å². The number of hydrogen-bond acceptors (Lipinski definition) is 4. The zero-order chi connectivity index (χ0) is 20.8. The maximum absolute atomic E-state index is 12.5. The van der Waals surface area contributed by atoms with Gasteiger partial charge >= 0.3 is 5.97 Å². The Morgan fingerprint density at radius 3 is 2.55 bits per heavy atom. The molecule has 7 nitrogen and oxygen atoms in total. The molecule has 29 heavy (non-hydrogen) atoms. The molecule has 7 heteroatoms. The third kappa shape index (κ3) is 4.51. The third-order valence-corrected chi connectivity index (χ3v) is 4.16. The highest BCUT2D eigenvalue weighted by atomic mass is 16.5. The van der Waals surface area contributed by atoms with E-state index in [1.807, 2.05) is 6.07 Å². The summed E-state index contributed by atoms with van der Waals surface area (Å²) in [4.78, 5) is 23.5. The van der Waals surface area contributed by atoms with Crippen LogP contribution in [0.4, 0.5) is 5.69 Å². The van der Waals surface area contributed by atoms with Gasteiger partial charge in [0.15, 0.2) is 0 Å². The van der Waals surface area contributed by atoms with Crippen molar-refractivity contribution >= 4 is 23.6 Å². The number of aromatic carboxylic acids is 1. The molecule has 0 saturated heterocycles. The minimum Gasteiger partial charge on any atom is -0.497 e. The normalized spacial score (nSPS) is 10.8. The van der Waals surface area contributed by atoms with Crippen molar-refractivity contribution in [2.75, 3.05) is 12.4 Å². The predicted octanol–water partition coefficient (Wildman–Crippen LogP) is 3.73. The molecule has 0 spiro atoms. The highest BCUT2D eigenvalue weighted by Crippen LogP contribution is 2.19. The zero-order valence-corrected chi connectivity index (χ0v) is 15.5. The minimum absolute atomic E-state index is 0.0741. The van der Waals surface area contributed by atoms with Crippen LogP contribution in [0.3, 0.4) is 0 Å². The van der Waals surface area contributed by atoms with E-state index in [9.17, 15) is 14.9 Å². The van der Waals surface area contributed by atoms with Crippen molar-refractivity contribution in [2.45, 2.75) is 0 Å². The number of nitrogens with zero attached hydrogens (tertiary/aromatic N) is 2. The van der Waals surface area contributed by atoms with Crippen LogP contribution in [-0.2, 0) is 4.79 Å².